The third-order valence-electron chi connectivity index (χ3n) is 3.92. The summed E-state index contributed by atoms with van der Waals surface area (Å²) >= 11 is 5.57. The van der Waals surface area contributed by atoms with Crippen molar-refractivity contribution in [3.63, 3.8) is 0 Å². The lowest BCUT2D eigenvalue weighted by atomic mass is 10.2. The summed E-state index contributed by atoms with van der Waals surface area (Å²) in [6.45, 7) is 0.128. The van der Waals surface area contributed by atoms with Gasteiger partial charge in [0.1, 0.15) is 23.2 Å². The number of halogens is 4. The fourth-order valence-corrected chi connectivity index (χ4v) is 2.95. The first-order chi connectivity index (χ1) is 11.8. The number of amides is 1. The van der Waals surface area contributed by atoms with Gasteiger partial charge >= 0.3 is 6.18 Å². The molecule has 0 saturated carbocycles. The van der Waals surface area contributed by atoms with Crippen LogP contribution < -0.4 is 10.9 Å². The highest BCUT2D eigenvalue weighted by Gasteiger charge is 2.32. The van der Waals surface area contributed by atoms with Gasteiger partial charge in [-0.1, -0.05) is 11.6 Å². The normalized spacial score (nSPS) is 14.2. The van der Waals surface area contributed by atoms with E-state index in [0.29, 0.717) is 29.2 Å². The Morgan fingerprint density at radius 2 is 2.12 bits per heavy atom. The van der Waals surface area contributed by atoms with Crippen molar-refractivity contribution in [1.82, 2.24) is 14.1 Å². The zero-order valence-corrected chi connectivity index (χ0v) is 13.7. The Morgan fingerprint density at radius 1 is 1.36 bits per heavy atom. The second kappa shape index (κ2) is 6.55. The van der Waals surface area contributed by atoms with Crippen molar-refractivity contribution >= 4 is 23.3 Å². The molecule has 1 aliphatic heterocycles. The van der Waals surface area contributed by atoms with Crippen molar-refractivity contribution in [2.75, 3.05) is 5.32 Å². The highest BCUT2D eigenvalue weighted by molar-refractivity contribution is 6.30. The molecule has 0 aliphatic carbocycles. The predicted molar refractivity (Wildman–Crippen MR) is 84.5 cm³/mol. The number of hydrogen-bond donors (Lipinski definition) is 1. The number of nitrogens with zero attached hydrogens (tertiary/aromatic N) is 3. The summed E-state index contributed by atoms with van der Waals surface area (Å²) in [7, 11) is 0. The molecule has 6 nitrogen and oxygen atoms in total. The van der Waals surface area contributed by atoms with Crippen molar-refractivity contribution in [1.29, 1.82) is 0 Å². The maximum absolute atomic E-state index is 12.8. The molecule has 3 heterocycles. The van der Waals surface area contributed by atoms with Gasteiger partial charge in [0, 0.05) is 19.2 Å². The maximum atomic E-state index is 12.8. The van der Waals surface area contributed by atoms with E-state index in [9.17, 15) is 22.8 Å². The molecule has 0 atom stereocenters. The Balaban J connectivity index is 1.80. The van der Waals surface area contributed by atoms with Gasteiger partial charge in [0.25, 0.3) is 5.56 Å². The van der Waals surface area contributed by atoms with Crippen LogP contribution in [0.2, 0.25) is 5.02 Å². The van der Waals surface area contributed by atoms with Gasteiger partial charge in [0.15, 0.2) is 0 Å². The molecular formula is C15H14ClF3N4O2. The van der Waals surface area contributed by atoms with Crippen LogP contribution in [0.15, 0.2) is 23.3 Å². The average molecular weight is 375 g/mol. The minimum Gasteiger partial charge on any atom is -0.315 e. The summed E-state index contributed by atoms with van der Waals surface area (Å²) < 4.78 is 41.0. The number of anilines is 1. The second-order valence-electron chi connectivity index (χ2n) is 5.72. The summed E-state index contributed by atoms with van der Waals surface area (Å²) in [6.07, 6.45) is 0.191. The molecule has 0 fully saturated rings. The summed E-state index contributed by atoms with van der Waals surface area (Å²) in [5, 5.41) is 1.99. The third kappa shape index (κ3) is 3.71. The van der Waals surface area contributed by atoms with Crippen molar-refractivity contribution < 1.29 is 18.0 Å². The number of imidazole rings is 1. The van der Waals surface area contributed by atoms with Gasteiger partial charge in [-0.15, -0.1) is 0 Å². The smallest absolute Gasteiger partial charge is 0.315 e. The minimum atomic E-state index is -4.67. The van der Waals surface area contributed by atoms with Crippen LogP contribution in [0.25, 0.3) is 0 Å². The minimum absolute atomic E-state index is 0.464. The van der Waals surface area contributed by atoms with E-state index in [-0.39, 0.29) is 0 Å². The molecule has 0 saturated heterocycles. The molecule has 1 amide bonds. The van der Waals surface area contributed by atoms with Crippen LogP contribution >= 0.6 is 11.6 Å². The van der Waals surface area contributed by atoms with Gasteiger partial charge in [-0.3, -0.25) is 9.59 Å². The second-order valence-corrected chi connectivity index (χ2v) is 6.13. The summed E-state index contributed by atoms with van der Waals surface area (Å²) in [6, 6.07) is 0.547. The van der Waals surface area contributed by atoms with Crippen LogP contribution in [0.1, 0.15) is 24.2 Å². The average Bonchev–Trinajstić information content (AvgIpc) is 2.94. The van der Waals surface area contributed by atoms with Crippen LogP contribution in [0, 0.1) is 0 Å². The third-order valence-corrected chi connectivity index (χ3v) is 4.19. The topological polar surface area (TPSA) is 68.9 Å². The Labute approximate surface area is 145 Å². The van der Waals surface area contributed by atoms with E-state index in [0.717, 1.165) is 25.1 Å². The largest absolute Gasteiger partial charge is 0.417 e. The zero-order chi connectivity index (χ0) is 18.2. The van der Waals surface area contributed by atoms with Gasteiger partial charge in [-0.05, 0) is 18.9 Å². The molecule has 2 aromatic rings. The lowest BCUT2D eigenvalue weighted by Gasteiger charge is -2.17. The first-order valence-electron chi connectivity index (χ1n) is 7.57. The molecule has 1 N–H and O–H groups in total. The van der Waals surface area contributed by atoms with Crippen molar-refractivity contribution in [3.8, 4) is 0 Å². The Kier molecular flexibility index (Phi) is 4.59. The fraction of sp³-hybridized carbons (Fsp3) is 0.400. The number of hydrogen-bond acceptors (Lipinski definition) is 3. The fourth-order valence-electron chi connectivity index (χ4n) is 2.72. The number of aryl methyl sites for hydroxylation is 1. The molecular weight excluding hydrogens is 361 g/mol. The molecule has 0 radical (unpaired) electrons. The molecule has 0 unspecified atom stereocenters. The first-order valence-corrected chi connectivity index (χ1v) is 7.95. The zero-order valence-electron chi connectivity index (χ0n) is 12.9. The maximum Gasteiger partial charge on any atom is 0.417 e. The monoisotopic (exact) mass is 374 g/mol. The molecule has 134 valence electrons. The Morgan fingerprint density at radius 3 is 2.84 bits per heavy atom. The van der Waals surface area contributed by atoms with Crippen LogP contribution in [0.4, 0.5) is 19.0 Å². The number of nitrogens with one attached hydrogen (secondary N) is 1. The quantitative estimate of drug-likeness (QED) is 0.898. The number of rotatable bonds is 3. The summed E-state index contributed by atoms with van der Waals surface area (Å²) in [5.74, 6) is 0.678. The molecule has 25 heavy (non-hydrogen) atoms. The van der Waals surface area contributed by atoms with E-state index in [1.54, 1.807) is 0 Å². The van der Waals surface area contributed by atoms with Crippen molar-refractivity contribution in [3.05, 3.63) is 45.2 Å². The molecule has 0 spiro atoms. The molecule has 0 aromatic carbocycles. The lowest BCUT2D eigenvalue weighted by Crippen LogP contribution is -2.29. The Bertz CT molecular complexity index is 873. The SMILES string of the molecule is O=C(Cn1cc(C(F)(F)F)cc(Cl)c1=O)Nc1cnc2n1CCCC2. The number of alkyl halides is 3. The highest BCUT2D eigenvalue weighted by atomic mass is 35.5. The molecule has 10 heteroatoms. The number of pyridine rings is 1. The molecule has 0 bridgehead atoms. The van der Waals surface area contributed by atoms with Crippen LogP contribution in [-0.2, 0) is 30.5 Å². The number of carbonyl (C=O) groups excluding carboxylic acids is 1. The molecule has 2 aromatic heterocycles. The van der Waals surface area contributed by atoms with E-state index >= 15 is 0 Å². The van der Waals surface area contributed by atoms with E-state index in [2.05, 4.69) is 10.3 Å². The van der Waals surface area contributed by atoms with Crippen LogP contribution in [-0.4, -0.2) is 20.0 Å². The number of aromatic nitrogens is 3. The van der Waals surface area contributed by atoms with Crippen molar-refractivity contribution in [2.45, 2.75) is 38.5 Å². The summed E-state index contributed by atoms with van der Waals surface area (Å²) in [4.78, 5) is 28.2. The standard InChI is InChI=1S/C15H14ClF3N4O2/c16-10-5-9(15(17,18)19)7-22(14(10)25)8-13(24)21-12-6-20-11-3-1-2-4-23(11)12/h5-7H,1-4,8H2,(H,21,24). The number of carbonyl (C=O) groups is 1. The highest BCUT2D eigenvalue weighted by Crippen LogP contribution is 2.29. The van der Waals surface area contributed by atoms with E-state index in [1.165, 1.54) is 6.20 Å². The van der Waals surface area contributed by atoms with E-state index < -0.39 is 34.8 Å². The van der Waals surface area contributed by atoms with E-state index in [1.807, 2.05) is 4.57 Å². The van der Waals surface area contributed by atoms with Gasteiger partial charge in [-0.2, -0.15) is 13.2 Å². The Hall–Kier alpha value is -2.29. The van der Waals surface area contributed by atoms with Crippen LogP contribution in [0.5, 0.6) is 0 Å². The van der Waals surface area contributed by atoms with Gasteiger partial charge in [0.2, 0.25) is 5.91 Å². The van der Waals surface area contributed by atoms with Gasteiger partial charge in [0.05, 0.1) is 11.8 Å². The molecule has 1 aliphatic rings. The number of fused-ring (bicyclic) bond motifs is 1. The van der Waals surface area contributed by atoms with Gasteiger partial charge in [-0.25, -0.2) is 4.98 Å². The van der Waals surface area contributed by atoms with Crippen LogP contribution in [0.3, 0.4) is 0 Å². The summed E-state index contributed by atoms with van der Waals surface area (Å²) in [5.41, 5.74) is -1.95. The van der Waals surface area contributed by atoms with Crippen molar-refractivity contribution in [2.24, 2.45) is 0 Å². The van der Waals surface area contributed by atoms with Gasteiger partial charge < -0.3 is 14.5 Å². The van der Waals surface area contributed by atoms with E-state index in [4.69, 9.17) is 11.6 Å². The lowest BCUT2D eigenvalue weighted by molar-refractivity contribution is -0.138. The molecule has 3 rings (SSSR count). The first kappa shape index (κ1) is 17.5. The predicted octanol–water partition coefficient (Wildman–Crippen LogP) is 2.69.